The highest BCUT2D eigenvalue weighted by Gasteiger charge is 2.36. The number of hydrogen-bond acceptors (Lipinski definition) is 4. The van der Waals surface area contributed by atoms with Gasteiger partial charge < -0.3 is 14.4 Å². The summed E-state index contributed by atoms with van der Waals surface area (Å²) in [5, 5.41) is 0. The van der Waals surface area contributed by atoms with Crippen molar-refractivity contribution in [3.8, 4) is 28.3 Å². The van der Waals surface area contributed by atoms with Crippen LogP contribution in [0.2, 0.25) is 0 Å². The summed E-state index contributed by atoms with van der Waals surface area (Å²) in [5.41, 5.74) is 3.95. The predicted octanol–water partition coefficient (Wildman–Crippen LogP) is 7.30. The van der Waals surface area contributed by atoms with Crippen LogP contribution in [0.15, 0.2) is 60.7 Å². The zero-order valence-corrected chi connectivity index (χ0v) is 22.7. The van der Waals surface area contributed by atoms with Gasteiger partial charge in [0.15, 0.2) is 5.75 Å². The van der Waals surface area contributed by atoms with Crippen LogP contribution >= 0.6 is 7.92 Å². The van der Waals surface area contributed by atoms with Crippen molar-refractivity contribution in [2.24, 2.45) is 0 Å². The Morgan fingerprint density at radius 3 is 2.42 bits per heavy atom. The number of halogens is 2. The van der Waals surface area contributed by atoms with Crippen molar-refractivity contribution in [1.82, 2.24) is 14.5 Å². The van der Waals surface area contributed by atoms with Crippen molar-refractivity contribution >= 4 is 24.9 Å². The third kappa shape index (κ3) is 4.73. The van der Waals surface area contributed by atoms with Crippen LogP contribution in [0.3, 0.4) is 0 Å². The molecule has 0 spiro atoms. The summed E-state index contributed by atoms with van der Waals surface area (Å²) in [4.78, 5) is 20.3. The number of rotatable bonds is 8. The van der Waals surface area contributed by atoms with Crippen molar-refractivity contribution in [3.63, 3.8) is 0 Å². The lowest BCUT2D eigenvalue weighted by molar-refractivity contribution is -0.0498. The molecule has 9 heteroatoms. The van der Waals surface area contributed by atoms with Gasteiger partial charge in [0.2, 0.25) is 0 Å². The normalized spacial score (nSPS) is 15.1. The van der Waals surface area contributed by atoms with Gasteiger partial charge in [-0.1, -0.05) is 39.1 Å². The fourth-order valence-electron chi connectivity index (χ4n) is 5.00. The molecule has 5 rings (SSSR count). The van der Waals surface area contributed by atoms with Gasteiger partial charge in [-0.15, -0.1) is 0 Å². The van der Waals surface area contributed by atoms with Gasteiger partial charge in [-0.3, -0.25) is 9.36 Å². The molecular weight excluding hydrogens is 507 g/mol. The number of aromatic nitrogens is 2. The van der Waals surface area contributed by atoms with Gasteiger partial charge >= 0.3 is 6.61 Å². The maximum absolute atomic E-state index is 13.6. The average Bonchev–Trinajstić information content (AvgIpc) is 3.23. The molecule has 2 heterocycles. The largest absolute Gasteiger partial charge is 0.489 e. The lowest BCUT2D eigenvalue weighted by Crippen LogP contribution is -2.34. The number of hydrogen-bond donors (Lipinski definition) is 0. The van der Waals surface area contributed by atoms with Crippen molar-refractivity contribution in [3.05, 3.63) is 72.1 Å². The molecule has 0 saturated carbocycles. The van der Waals surface area contributed by atoms with Crippen molar-refractivity contribution < 1.29 is 23.0 Å². The first-order valence-corrected chi connectivity index (χ1v) is 15.0. The molecule has 3 aromatic carbocycles. The van der Waals surface area contributed by atoms with E-state index in [1.807, 2.05) is 60.9 Å². The van der Waals surface area contributed by atoms with Crippen LogP contribution in [0.5, 0.6) is 11.5 Å². The van der Waals surface area contributed by atoms with Crippen molar-refractivity contribution in [1.29, 1.82) is 0 Å². The van der Waals surface area contributed by atoms with Crippen LogP contribution in [0, 0.1) is 0 Å². The molecule has 198 valence electrons. The molecule has 1 amide bonds. The fraction of sp³-hybridized carbons (Fsp3) is 0.310. The molecule has 1 aromatic heterocycles. The Morgan fingerprint density at radius 1 is 1.03 bits per heavy atom. The van der Waals surface area contributed by atoms with E-state index in [1.54, 1.807) is 17.0 Å². The number of alkyl halides is 2. The van der Waals surface area contributed by atoms with E-state index < -0.39 is 6.61 Å². The van der Waals surface area contributed by atoms with Gasteiger partial charge in [-0.2, -0.15) is 8.78 Å². The summed E-state index contributed by atoms with van der Waals surface area (Å²) in [7, 11) is -0.157. The van der Waals surface area contributed by atoms with Crippen LogP contribution in [-0.4, -0.2) is 53.2 Å². The Labute approximate surface area is 221 Å². The van der Waals surface area contributed by atoms with Crippen LogP contribution in [0.25, 0.3) is 27.8 Å². The monoisotopic (exact) mass is 537 g/mol. The molecule has 38 heavy (non-hydrogen) atoms. The van der Waals surface area contributed by atoms with E-state index in [1.165, 1.54) is 6.07 Å². The minimum Gasteiger partial charge on any atom is -0.489 e. The summed E-state index contributed by atoms with van der Waals surface area (Å²) < 4.78 is 39.5. The second kappa shape index (κ2) is 10.7. The molecule has 0 saturated heterocycles. The van der Waals surface area contributed by atoms with E-state index in [4.69, 9.17) is 14.5 Å². The average molecular weight is 538 g/mol. The van der Waals surface area contributed by atoms with Crippen LogP contribution in [-0.2, 0) is 0 Å². The Bertz CT molecular complexity index is 1470. The van der Waals surface area contributed by atoms with E-state index in [9.17, 15) is 13.6 Å². The molecule has 1 atom stereocenters. The first-order chi connectivity index (χ1) is 18.3. The molecule has 0 radical (unpaired) electrons. The zero-order chi connectivity index (χ0) is 27.0. The number of para-hydroxylation sites is 1. The Morgan fingerprint density at radius 2 is 1.76 bits per heavy atom. The van der Waals surface area contributed by atoms with Gasteiger partial charge in [-0.25, -0.2) is 4.98 Å². The van der Waals surface area contributed by atoms with Gasteiger partial charge in [0.05, 0.1) is 22.6 Å². The molecule has 1 unspecified atom stereocenters. The quantitative estimate of drug-likeness (QED) is 0.221. The smallest absolute Gasteiger partial charge is 0.387 e. The minimum absolute atomic E-state index is 0.0575. The predicted molar refractivity (Wildman–Crippen MR) is 147 cm³/mol. The highest BCUT2D eigenvalue weighted by atomic mass is 31.1. The summed E-state index contributed by atoms with van der Waals surface area (Å²) in [5.74, 6) is 1.15. The van der Waals surface area contributed by atoms with Crippen LogP contribution < -0.4 is 9.47 Å². The maximum atomic E-state index is 13.6. The number of fused-ring (bicyclic) bond motifs is 5. The molecule has 0 aliphatic carbocycles. The molecule has 1 aliphatic heterocycles. The molecule has 4 aromatic rings. The number of carbonyl (C=O) groups excluding carboxylic acids is 1. The van der Waals surface area contributed by atoms with Gasteiger partial charge in [0.25, 0.3) is 5.91 Å². The molecule has 1 aliphatic rings. The third-order valence-electron chi connectivity index (χ3n) is 6.69. The second-order valence-corrected chi connectivity index (χ2v) is 11.8. The van der Waals surface area contributed by atoms with Crippen molar-refractivity contribution in [2.75, 3.05) is 26.2 Å². The SMILES string of the molecule is CCC1c2nc3ccc(-c4ccc(OCP(C)C)cc4)cc3n2-c2c(OC(F)F)cccc2C(=O)N1CC. The topological polar surface area (TPSA) is 56.6 Å². The summed E-state index contributed by atoms with van der Waals surface area (Å²) in [6.45, 7) is 5.66. The third-order valence-corrected chi connectivity index (χ3v) is 7.33. The highest BCUT2D eigenvalue weighted by molar-refractivity contribution is 7.55. The molecule has 0 fully saturated rings. The van der Waals surface area contributed by atoms with E-state index >= 15 is 0 Å². The second-order valence-electron chi connectivity index (χ2n) is 9.43. The number of carbonyl (C=O) groups is 1. The van der Waals surface area contributed by atoms with E-state index in [-0.39, 0.29) is 25.6 Å². The summed E-state index contributed by atoms with van der Waals surface area (Å²) in [6, 6.07) is 18.2. The number of amides is 1. The Balaban J connectivity index is 1.70. The van der Waals surface area contributed by atoms with E-state index in [0.717, 1.165) is 22.4 Å². The van der Waals surface area contributed by atoms with Crippen LogP contribution in [0.4, 0.5) is 8.78 Å². The summed E-state index contributed by atoms with van der Waals surface area (Å²) >= 11 is 0. The van der Waals surface area contributed by atoms with Crippen LogP contribution in [0.1, 0.15) is 42.5 Å². The molecular formula is C29H30F2N3O3P. The number of ether oxygens (including phenoxy) is 2. The first kappa shape index (κ1) is 26.1. The number of nitrogens with zero attached hydrogens (tertiary/aromatic N) is 3. The maximum Gasteiger partial charge on any atom is 0.387 e. The fourth-order valence-corrected chi connectivity index (χ4v) is 5.41. The van der Waals surface area contributed by atoms with E-state index in [0.29, 0.717) is 41.9 Å². The van der Waals surface area contributed by atoms with Gasteiger partial charge in [0.1, 0.15) is 23.6 Å². The molecule has 6 nitrogen and oxygen atoms in total. The Hall–Kier alpha value is -3.51. The van der Waals surface area contributed by atoms with E-state index in [2.05, 4.69) is 13.3 Å². The number of benzene rings is 3. The minimum atomic E-state index is -3.03. The highest BCUT2D eigenvalue weighted by Crippen LogP contribution is 2.41. The standard InChI is InChI=1S/C29H30F2N3O3P/c1-5-23-27-32-22-15-12-19(18-10-13-20(14-11-18)36-17-38(3)4)16-24(22)34(27)26-21(28(35)33(23)6-2)8-7-9-25(26)37-29(30)31/h7-16,23,29H,5-6,17H2,1-4H3. The number of imidazole rings is 1. The lowest BCUT2D eigenvalue weighted by Gasteiger charge is -2.27. The lowest BCUT2D eigenvalue weighted by atomic mass is 10.0. The van der Waals surface area contributed by atoms with Gasteiger partial charge in [0, 0.05) is 6.54 Å². The van der Waals surface area contributed by atoms with Crippen molar-refractivity contribution in [2.45, 2.75) is 32.9 Å². The first-order valence-electron chi connectivity index (χ1n) is 12.6. The zero-order valence-electron chi connectivity index (χ0n) is 21.8. The molecule has 0 bridgehead atoms. The Kier molecular flexibility index (Phi) is 7.35. The summed E-state index contributed by atoms with van der Waals surface area (Å²) in [6.07, 6.45) is 1.32. The molecule has 0 N–H and O–H groups in total. The van der Waals surface area contributed by atoms with Gasteiger partial charge in [-0.05, 0) is 74.2 Å².